The Hall–Kier alpha value is -0.700. The van der Waals surface area contributed by atoms with Crippen molar-refractivity contribution in [3.63, 3.8) is 0 Å². The van der Waals surface area contributed by atoms with Gasteiger partial charge in [0.05, 0.1) is 13.7 Å². The second-order valence-corrected chi connectivity index (χ2v) is 5.48. The van der Waals surface area contributed by atoms with E-state index in [1.807, 2.05) is 18.2 Å². The second-order valence-electron chi connectivity index (χ2n) is 4.92. The lowest BCUT2D eigenvalue weighted by Gasteiger charge is -2.22. The molecule has 0 saturated heterocycles. The molecule has 2 rings (SSSR count). The minimum atomic E-state index is 0.740. The first-order chi connectivity index (χ1) is 8.83. The van der Waals surface area contributed by atoms with Gasteiger partial charge >= 0.3 is 0 Å². The van der Waals surface area contributed by atoms with Gasteiger partial charge in [0.1, 0.15) is 11.5 Å². The van der Waals surface area contributed by atoms with E-state index in [2.05, 4.69) is 15.9 Å². The van der Waals surface area contributed by atoms with Crippen LogP contribution in [0.25, 0.3) is 0 Å². The predicted molar refractivity (Wildman–Crippen MR) is 77.7 cm³/mol. The molecule has 100 valence electrons. The molecule has 0 aromatic heterocycles. The number of halogens is 1. The average molecular weight is 313 g/mol. The van der Waals surface area contributed by atoms with Crippen molar-refractivity contribution < 1.29 is 9.47 Å². The Labute approximate surface area is 118 Å². The van der Waals surface area contributed by atoms with E-state index in [1.165, 1.54) is 32.1 Å². The van der Waals surface area contributed by atoms with Crippen molar-refractivity contribution in [2.75, 3.05) is 13.7 Å². The van der Waals surface area contributed by atoms with E-state index >= 15 is 0 Å². The van der Waals surface area contributed by atoms with Crippen molar-refractivity contribution in [1.29, 1.82) is 0 Å². The molecule has 0 bridgehead atoms. The fourth-order valence-corrected chi connectivity index (χ4v) is 2.93. The van der Waals surface area contributed by atoms with Crippen LogP contribution >= 0.6 is 15.9 Å². The Kier molecular flexibility index (Phi) is 5.36. The molecule has 1 aliphatic rings. The SMILES string of the molecule is COc1ccc(OCC2CCCCC2)c(CBr)c1. The van der Waals surface area contributed by atoms with Gasteiger partial charge in [-0.1, -0.05) is 35.2 Å². The van der Waals surface area contributed by atoms with Crippen molar-refractivity contribution in [2.45, 2.75) is 37.4 Å². The summed E-state index contributed by atoms with van der Waals surface area (Å²) in [6.45, 7) is 0.854. The van der Waals surface area contributed by atoms with Gasteiger partial charge in [0.2, 0.25) is 0 Å². The molecule has 2 nitrogen and oxygen atoms in total. The van der Waals surface area contributed by atoms with Crippen LogP contribution in [0.3, 0.4) is 0 Å². The van der Waals surface area contributed by atoms with Gasteiger partial charge < -0.3 is 9.47 Å². The van der Waals surface area contributed by atoms with Gasteiger partial charge in [0, 0.05) is 10.9 Å². The van der Waals surface area contributed by atoms with Crippen molar-refractivity contribution in [2.24, 2.45) is 5.92 Å². The van der Waals surface area contributed by atoms with Crippen LogP contribution in [0.1, 0.15) is 37.7 Å². The Balaban J connectivity index is 1.95. The lowest BCUT2D eigenvalue weighted by atomic mass is 9.90. The summed E-state index contributed by atoms with van der Waals surface area (Å²) in [5.41, 5.74) is 1.16. The number of hydrogen-bond donors (Lipinski definition) is 0. The highest BCUT2D eigenvalue weighted by Gasteiger charge is 2.14. The average Bonchev–Trinajstić information content (AvgIpc) is 2.46. The van der Waals surface area contributed by atoms with Gasteiger partial charge in [-0.15, -0.1) is 0 Å². The Morgan fingerprint density at radius 1 is 1.22 bits per heavy atom. The van der Waals surface area contributed by atoms with Gasteiger partial charge in [-0.3, -0.25) is 0 Å². The van der Waals surface area contributed by atoms with Crippen LogP contribution in [-0.2, 0) is 5.33 Å². The molecule has 0 heterocycles. The predicted octanol–water partition coefficient (Wildman–Crippen LogP) is 4.55. The van der Waals surface area contributed by atoms with Crippen LogP contribution in [0.5, 0.6) is 11.5 Å². The van der Waals surface area contributed by atoms with E-state index in [4.69, 9.17) is 9.47 Å². The van der Waals surface area contributed by atoms with Crippen molar-refractivity contribution >= 4 is 15.9 Å². The van der Waals surface area contributed by atoms with Crippen LogP contribution in [0.2, 0.25) is 0 Å². The molecule has 0 radical (unpaired) electrons. The summed E-state index contributed by atoms with van der Waals surface area (Å²) in [4.78, 5) is 0. The van der Waals surface area contributed by atoms with E-state index in [0.29, 0.717) is 0 Å². The number of hydrogen-bond acceptors (Lipinski definition) is 2. The van der Waals surface area contributed by atoms with Crippen molar-refractivity contribution in [3.05, 3.63) is 23.8 Å². The standard InChI is InChI=1S/C15H21BrO2/c1-17-14-7-8-15(13(9-14)10-16)18-11-12-5-3-2-4-6-12/h7-9,12H,2-6,10-11H2,1H3. The summed E-state index contributed by atoms with van der Waals surface area (Å²) in [6, 6.07) is 6.01. The van der Waals surface area contributed by atoms with Gasteiger partial charge in [-0.2, -0.15) is 0 Å². The van der Waals surface area contributed by atoms with Crippen LogP contribution in [0, 0.1) is 5.92 Å². The molecule has 0 unspecified atom stereocenters. The van der Waals surface area contributed by atoms with E-state index < -0.39 is 0 Å². The maximum absolute atomic E-state index is 5.98. The van der Waals surface area contributed by atoms with Gasteiger partial charge in [-0.25, -0.2) is 0 Å². The molecule has 0 amide bonds. The van der Waals surface area contributed by atoms with E-state index in [9.17, 15) is 0 Å². The molecule has 0 spiro atoms. The first-order valence-corrected chi connectivity index (χ1v) is 7.81. The van der Waals surface area contributed by atoms with Crippen LogP contribution < -0.4 is 9.47 Å². The molecule has 18 heavy (non-hydrogen) atoms. The molecular formula is C15H21BrO2. The minimum Gasteiger partial charge on any atom is -0.497 e. The molecule has 0 atom stereocenters. The monoisotopic (exact) mass is 312 g/mol. The third kappa shape index (κ3) is 3.64. The van der Waals surface area contributed by atoms with Crippen molar-refractivity contribution in [1.82, 2.24) is 0 Å². The second kappa shape index (κ2) is 7.03. The zero-order valence-corrected chi connectivity index (χ0v) is 12.5. The first-order valence-electron chi connectivity index (χ1n) is 6.69. The smallest absolute Gasteiger partial charge is 0.123 e. The topological polar surface area (TPSA) is 18.5 Å². The van der Waals surface area contributed by atoms with Gasteiger partial charge in [0.15, 0.2) is 0 Å². The number of alkyl halides is 1. The zero-order chi connectivity index (χ0) is 12.8. The summed E-state index contributed by atoms with van der Waals surface area (Å²) in [5.74, 6) is 2.61. The highest BCUT2D eigenvalue weighted by molar-refractivity contribution is 9.08. The van der Waals surface area contributed by atoms with Gasteiger partial charge in [-0.05, 0) is 37.0 Å². The van der Waals surface area contributed by atoms with Crippen LogP contribution in [-0.4, -0.2) is 13.7 Å². The van der Waals surface area contributed by atoms with Crippen LogP contribution in [0.15, 0.2) is 18.2 Å². The minimum absolute atomic E-state index is 0.740. The molecule has 1 saturated carbocycles. The Bertz CT molecular complexity index is 373. The molecule has 1 aromatic rings. The fourth-order valence-electron chi connectivity index (χ4n) is 2.49. The van der Waals surface area contributed by atoms with E-state index in [-0.39, 0.29) is 0 Å². The lowest BCUT2D eigenvalue weighted by Crippen LogP contribution is -2.15. The summed E-state index contributed by atoms with van der Waals surface area (Å²) < 4.78 is 11.2. The summed E-state index contributed by atoms with van der Waals surface area (Å²) in [7, 11) is 1.69. The largest absolute Gasteiger partial charge is 0.497 e. The van der Waals surface area contributed by atoms with Crippen molar-refractivity contribution in [3.8, 4) is 11.5 Å². The maximum Gasteiger partial charge on any atom is 0.123 e. The molecule has 1 fully saturated rings. The summed E-state index contributed by atoms with van der Waals surface area (Å²) in [5, 5.41) is 0.796. The van der Waals surface area contributed by atoms with Gasteiger partial charge in [0.25, 0.3) is 0 Å². The molecule has 3 heteroatoms. The van der Waals surface area contributed by atoms with E-state index in [0.717, 1.165) is 34.9 Å². The maximum atomic E-state index is 5.98. The highest BCUT2D eigenvalue weighted by atomic mass is 79.9. The third-order valence-corrected chi connectivity index (χ3v) is 4.22. The first kappa shape index (κ1) is 13.7. The van der Waals surface area contributed by atoms with Crippen LogP contribution in [0.4, 0.5) is 0 Å². The van der Waals surface area contributed by atoms with E-state index in [1.54, 1.807) is 7.11 Å². The lowest BCUT2D eigenvalue weighted by molar-refractivity contribution is 0.207. The highest BCUT2D eigenvalue weighted by Crippen LogP contribution is 2.29. The Morgan fingerprint density at radius 3 is 2.67 bits per heavy atom. The quantitative estimate of drug-likeness (QED) is 0.743. The normalized spacial score (nSPS) is 16.6. The fraction of sp³-hybridized carbons (Fsp3) is 0.600. The summed E-state index contributed by atoms with van der Waals surface area (Å²) in [6.07, 6.45) is 6.76. The zero-order valence-electron chi connectivity index (χ0n) is 11.0. The molecule has 0 aliphatic heterocycles. The molecular weight excluding hydrogens is 292 g/mol. The number of benzene rings is 1. The third-order valence-electron chi connectivity index (χ3n) is 3.61. The number of methoxy groups -OCH3 is 1. The molecule has 0 N–H and O–H groups in total. The summed E-state index contributed by atoms with van der Waals surface area (Å²) >= 11 is 3.50. The molecule has 1 aliphatic carbocycles. The molecule has 1 aromatic carbocycles. The Morgan fingerprint density at radius 2 is 2.00 bits per heavy atom. The number of rotatable bonds is 5. The number of ether oxygens (including phenoxy) is 2.